The normalized spacial score (nSPS) is 16.9. The van der Waals surface area contributed by atoms with Crippen molar-refractivity contribution >= 4 is 10.8 Å². The van der Waals surface area contributed by atoms with E-state index in [4.69, 9.17) is 0 Å². The minimum absolute atomic E-state index is 0.111. The lowest BCUT2D eigenvalue weighted by atomic mass is 9.53. The molecular formula is C41H34. The molecule has 0 heteroatoms. The van der Waals surface area contributed by atoms with E-state index in [0.29, 0.717) is 0 Å². The van der Waals surface area contributed by atoms with Gasteiger partial charge in [-0.15, -0.1) is 0 Å². The fourth-order valence-electron chi connectivity index (χ4n) is 8.32. The van der Waals surface area contributed by atoms with Crippen molar-refractivity contribution in [3.8, 4) is 11.1 Å². The third-order valence-electron chi connectivity index (χ3n) is 10.2. The second kappa shape index (κ2) is 8.30. The van der Waals surface area contributed by atoms with Crippen LogP contribution in [0.4, 0.5) is 0 Å². The Kier molecular flexibility index (Phi) is 4.94. The lowest BCUT2D eigenvalue weighted by Crippen LogP contribution is -2.43. The Morgan fingerprint density at radius 3 is 1.51 bits per heavy atom. The molecule has 0 saturated heterocycles. The summed E-state index contributed by atoms with van der Waals surface area (Å²) in [7, 11) is 0. The Balaban J connectivity index is 1.56. The summed E-state index contributed by atoms with van der Waals surface area (Å²) in [5, 5.41) is 2.61. The van der Waals surface area contributed by atoms with Crippen LogP contribution in [-0.2, 0) is 16.2 Å². The van der Waals surface area contributed by atoms with E-state index in [1.165, 1.54) is 66.4 Å². The summed E-state index contributed by atoms with van der Waals surface area (Å²) in [6.45, 7) is 9.64. The Hall–Kier alpha value is -4.42. The van der Waals surface area contributed by atoms with Gasteiger partial charge in [0.2, 0.25) is 0 Å². The molecule has 0 amide bonds. The molecule has 8 rings (SSSR count). The summed E-state index contributed by atoms with van der Waals surface area (Å²) in [6, 6.07) is 50.3. The summed E-state index contributed by atoms with van der Waals surface area (Å²) >= 11 is 0. The maximum absolute atomic E-state index is 2.44. The average molecular weight is 527 g/mol. The highest BCUT2D eigenvalue weighted by Gasteiger charge is 2.52. The molecule has 0 N–H and O–H groups in total. The van der Waals surface area contributed by atoms with Crippen LogP contribution in [0.25, 0.3) is 21.9 Å². The van der Waals surface area contributed by atoms with Crippen LogP contribution in [0.2, 0.25) is 0 Å². The van der Waals surface area contributed by atoms with Crippen LogP contribution in [0.5, 0.6) is 0 Å². The monoisotopic (exact) mass is 526 g/mol. The molecule has 0 radical (unpaired) electrons. The van der Waals surface area contributed by atoms with E-state index in [1.807, 2.05) is 0 Å². The standard InChI is InChI=1S/C41H34/c1-39(2)32-20-10-12-22-34(32)41(29-17-6-5-7-18-29,35-23-13-11-21-33(35)39)36-24-14-19-30-31-25-27-15-8-9-16-28(27)26-37(31)40(3,4)38(30)36/h5-26H,1-4H3. The Bertz CT molecular complexity index is 1940. The molecule has 0 nitrogen and oxygen atoms in total. The second-order valence-electron chi connectivity index (χ2n) is 12.9. The van der Waals surface area contributed by atoms with Gasteiger partial charge in [0.15, 0.2) is 0 Å². The fraction of sp³-hybridized carbons (Fsp3) is 0.171. The molecule has 0 fully saturated rings. The topological polar surface area (TPSA) is 0 Å². The van der Waals surface area contributed by atoms with E-state index in [1.54, 1.807) is 0 Å². The van der Waals surface area contributed by atoms with Gasteiger partial charge in [0, 0.05) is 10.8 Å². The number of hydrogen-bond acceptors (Lipinski definition) is 0. The first kappa shape index (κ1) is 24.4. The van der Waals surface area contributed by atoms with Gasteiger partial charge < -0.3 is 0 Å². The van der Waals surface area contributed by atoms with Gasteiger partial charge in [0.25, 0.3) is 0 Å². The van der Waals surface area contributed by atoms with Crippen LogP contribution in [0.15, 0.2) is 133 Å². The first-order chi connectivity index (χ1) is 19.9. The van der Waals surface area contributed by atoms with Crippen molar-refractivity contribution in [3.63, 3.8) is 0 Å². The highest BCUT2D eigenvalue weighted by molar-refractivity contribution is 5.94. The van der Waals surface area contributed by atoms with Crippen molar-refractivity contribution in [1.82, 2.24) is 0 Å². The van der Waals surface area contributed by atoms with Crippen molar-refractivity contribution in [3.05, 3.63) is 178 Å². The molecule has 6 aromatic carbocycles. The zero-order valence-electron chi connectivity index (χ0n) is 24.2. The maximum Gasteiger partial charge on any atom is 0.0710 e. The minimum atomic E-state index is -0.450. The zero-order chi connectivity index (χ0) is 28.0. The second-order valence-corrected chi connectivity index (χ2v) is 12.9. The van der Waals surface area contributed by atoms with Gasteiger partial charge in [-0.1, -0.05) is 149 Å². The van der Waals surface area contributed by atoms with E-state index in [9.17, 15) is 0 Å². The van der Waals surface area contributed by atoms with Crippen LogP contribution >= 0.6 is 0 Å². The summed E-state index contributed by atoms with van der Waals surface area (Å²) < 4.78 is 0. The van der Waals surface area contributed by atoms with Crippen LogP contribution in [-0.4, -0.2) is 0 Å². The Morgan fingerprint density at radius 1 is 0.366 bits per heavy atom. The van der Waals surface area contributed by atoms with Crippen molar-refractivity contribution in [1.29, 1.82) is 0 Å². The molecule has 2 aliphatic carbocycles. The highest BCUT2D eigenvalue weighted by Crippen LogP contribution is 2.60. The summed E-state index contributed by atoms with van der Waals surface area (Å²) in [6.07, 6.45) is 0. The smallest absolute Gasteiger partial charge is 0.0622 e. The molecule has 41 heavy (non-hydrogen) atoms. The SMILES string of the molecule is CC1(C)c2ccccc2C(c2ccccc2)(c2cccc3c2C(C)(C)c2cc4ccccc4cc2-3)c2ccccc21. The zero-order valence-corrected chi connectivity index (χ0v) is 24.2. The molecule has 6 aromatic rings. The van der Waals surface area contributed by atoms with Crippen molar-refractivity contribution in [2.45, 2.75) is 43.9 Å². The molecule has 0 bridgehead atoms. The molecule has 0 heterocycles. The van der Waals surface area contributed by atoms with Gasteiger partial charge in [0.05, 0.1) is 5.41 Å². The average Bonchev–Trinajstić information content (AvgIpc) is 3.23. The van der Waals surface area contributed by atoms with E-state index in [0.717, 1.165) is 0 Å². The van der Waals surface area contributed by atoms with Gasteiger partial charge in [-0.2, -0.15) is 0 Å². The number of benzene rings is 6. The maximum atomic E-state index is 2.44. The number of fused-ring (bicyclic) bond motifs is 6. The van der Waals surface area contributed by atoms with Crippen LogP contribution in [0, 0.1) is 0 Å². The Labute approximate surface area is 243 Å². The number of rotatable bonds is 2. The van der Waals surface area contributed by atoms with Crippen LogP contribution in [0.1, 0.15) is 72.2 Å². The predicted molar refractivity (Wildman–Crippen MR) is 172 cm³/mol. The Morgan fingerprint density at radius 2 is 0.878 bits per heavy atom. The third kappa shape index (κ3) is 3.06. The van der Waals surface area contributed by atoms with Gasteiger partial charge in [0.1, 0.15) is 0 Å². The molecule has 0 atom stereocenters. The quantitative estimate of drug-likeness (QED) is 0.211. The summed E-state index contributed by atoms with van der Waals surface area (Å²) in [5.41, 5.74) is 13.2. The molecular weight excluding hydrogens is 492 g/mol. The molecule has 0 unspecified atom stereocenters. The summed E-state index contributed by atoms with van der Waals surface area (Å²) in [4.78, 5) is 0. The first-order valence-electron chi connectivity index (χ1n) is 14.8. The molecule has 2 aliphatic rings. The largest absolute Gasteiger partial charge is 0.0710 e. The molecule has 198 valence electrons. The lowest BCUT2D eigenvalue weighted by molar-refractivity contribution is 0.549. The van der Waals surface area contributed by atoms with E-state index < -0.39 is 5.41 Å². The van der Waals surface area contributed by atoms with Crippen molar-refractivity contribution < 1.29 is 0 Å². The molecule has 0 spiro atoms. The summed E-state index contributed by atoms with van der Waals surface area (Å²) in [5.74, 6) is 0. The third-order valence-corrected chi connectivity index (χ3v) is 10.2. The van der Waals surface area contributed by atoms with Crippen LogP contribution < -0.4 is 0 Å². The number of hydrogen-bond donors (Lipinski definition) is 0. The van der Waals surface area contributed by atoms with Crippen molar-refractivity contribution in [2.75, 3.05) is 0 Å². The minimum Gasteiger partial charge on any atom is -0.0622 e. The van der Waals surface area contributed by atoms with Crippen molar-refractivity contribution in [2.24, 2.45) is 0 Å². The van der Waals surface area contributed by atoms with E-state index in [-0.39, 0.29) is 10.8 Å². The van der Waals surface area contributed by atoms with Gasteiger partial charge in [-0.25, -0.2) is 0 Å². The first-order valence-corrected chi connectivity index (χ1v) is 14.8. The molecule has 0 aromatic heterocycles. The van der Waals surface area contributed by atoms with Gasteiger partial charge >= 0.3 is 0 Å². The highest BCUT2D eigenvalue weighted by atomic mass is 14.5. The van der Waals surface area contributed by atoms with E-state index >= 15 is 0 Å². The van der Waals surface area contributed by atoms with E-state index in [2.05, 4.69) is 161 Å². The van der Waals surface area contributed by atoms with Gasteiger partial charge in [-0.3, -0.25) is 0 Å². The molecule has 0 saturated carbocycles. The fourth-order valence-corrected chi connectivity index (χ4v) is 8.32. The molecule has 0 aliphatic heterocycles. The van der Waals surface area contributed by atoms with Crippen LogP contribution in [0.3, 0.4) is 0 Å². The van der Waals surface area contributed by atoms with Gasteiger partial charge in [-0.05, 0) is 78.5 Å². The lowest BCUT2D eigenvalue weighted by Gasteiger charge is -2.49. The predicted octanol–water partition coefficient (Wildman–Crippen LogP) is 10.2.